The van der Waals surface area contributed by atoms with Crippen LogP contribution in [0.15, 0.2) is 18.2 Å². The van der Waals surface area contributed by atoms with Crippen LogP contribution in [-0.4, -0.2) is 6.61 Å². The molecule has 1 rings (SSSR count). The van der Waals surface area contributed by atoms with E-state index in [0.29, 0.717) is 12.8 Å². The van der Waals surface area contributed by atoms with Crippen LogP contribution in [0.4, 0.5) is 8.78 Å². The van der Waals surface area contributed by atoms with Crippen LogP contribution in [0.3, 0.4) is 0 Å². The number of halogens is 2. The van der Waals surface area contributed by atoms with Crippen LogP contribution in [0.1, 0.15) is 17.5 Å². The molecule has 2 nitrogen and oxygen atoms in total. The SMILES string of the molecule is Cc1cc(OC(F)F)ccc1CCC#N. The van der Waals surface area contributed by atoms with Crippen LogP contribution in [-0.2, 0) is 6.42 Å². The van der Waals surface area contributed by atoms with E-state index in [9.17, 15) is 8.78 Å². The average molecular weight is 211 g/mol. The fourth-order valence-corrected chi connectivity index (χ4v) is 1.32. The fourth-order valence-electron chi connectivity index (χ4n) is 1.32. The first-order valence-corrected chi connectivity index (χ1v) is 4.55. The molecule has 0 bridgehead atoms. The van der Waals surface area contributed by atoms with Gasteiger partial charge in [0.2, 0.25) is 0 Å². The van der Waals surface area contributed by atoms with Crippen molar-refractivity contribution in [1.29, 1.82) is 5.26 Å². The van der Waals surface area contributed by atoms with Gasteiger partial charge in [-0.2, -0.15) is 14.0 Å². The number of hydrogen-bond acceptors (Lipinski definition) is 2. The summed E-state index contributed by atoms with van der Waals surface area (Å²) in [7, 11) is 0. The Morgan fingerprint density at radius 3 is 2.73 bits per heavy atom. The lowest BCUT2D eigenvalue weighted by molar-refractivity contribution is -0.0498. The molecule has 0 aliphatic heterocycles. The van der Waals surface area contributed by atoms with Crippen LogP contribution in [0.25, 0.3) is 0 Å². The molecule has 80 valence electrons. The zero-order chi connectivity index (χ0) is 11.3. The molecule has 0 fully saturated rings. The summed E-state index contributed by atoms with van der Waals surface area (Å²) in [5.74, 6) is 0.156. The first-order chi connectivity index (χ1) is 7.13. The molecule has 1 aromatic carbocycles. The van der Waals surface area contributed by atoms with E-state index in [1.807, 2.05) is 13.0 Å². The van der Waals surface area contributed by atoms with Gasteiger partial charge in [0, 0.05) is 6.42 Å². The molecule has 4 heteroatoms. The molecule has 0 aliphatic rings. The maximum Gasteiger partial charge on any atom is 0.387 e. The highest BCUT2D eigenvalue weighted by atomic mass is 19.3. The summed E-state index contributed by atoms with van der Waals surface area (Å²) in [6.45, 7) is -0.986. The summed E-state index contributed by atoms with van der Waals surface area (Å²) in [5, 5.41) is 8.42. The molecule has 0 unspecified atom stereocenters. The standard InChI is InChI=1S/C11H11F2NO/c1-8-7-10(15-11(12)13)5-4-9(8)3-2-6-14/h4-5,7,11H,2-3H2,1H3. The maximum atomic E-state index is 11.9. The van der Waals surface area contributed by atoms with Gasteiger partial charge in [-0.1, -0.05) is 6.07 Å². The molecule has 1 aromatic rings. The molecule has 0 atom stereocenters. The van der Waals surface area contributed by atoms with Crippen molar-refractivity contribution in [2.75, 3.05) is 0 Å². The first kappa shape index (κ1) is 11.4. The molecule has 0 N–H and O–H groups in total. The third kappa shape index (κ3) is 3.55. The summed E-state index contributed by atoms with van der Waals surface area (Å²) < 4.78 is 28.0. The van der Waals surface area contributed by atoms with Crippen molar-refractivity contribution in [2.45, 2.75) is 26.4 Å². The molecule has 0 heterocycles. The van der Waals surface area contributed by atoms with E-state index in [2.05, 4.69) is 4.74 Å². The Kier molecular flexibility index (Phi) is 4.04. The minimum atomic E-state index is -2.80. The third-order valence-electron chi connectivity index (χ3n) is 2.05. The molecule has 0 aromatic heterocycles. The van der Waals surface area contributed by atoms with Crippen molar-refractivity contribution < 1.29 is 13.5 Å². The largest absolute Gasteiger partial charge is 0.435 e. The molecular weight excluding hydrogens is 200 g/mol. The second-order valence-electron chi connectivity index (χ2n) is 3.12. The molecule has 0 amide bonds. The van der Waals surface area contributed by atoms with E-state index in [0.717, 1.165) is 11.1 Å². The van der Waals surface area contributed by atoms with E-state index < -0.39 is 6.61 Å². The van der Waals surface area contributed by atoms with Crippen molar-refractivity contribution in [3.05, 3.63) is 29.3 Å². The number of nitrogens with zero attached hydrogens (tertiary/aromatic N) is 1. The van der Waals surface area contributed by atoms with E-state index in [1.54, 1.807) is 12.1 Å². The average Bonchev–Trinajstić information content (AvgIpc) is 2.15. The van der Waals surface area contributed by atoms with Crippen LogP contribution in [0, 0.1) is 18.3 Å². The highest BCUT2D eigenvalue weighted by Gasteiger charge is 2.05. The number of hydrogen-bond donors (Lipinski definition) is 0. The van der Waals surface area contributed by atoms with Gasteiger partial charge >= 0.3 is 6.61 Å². The van der Waals surface area contributed by atoms with Gasteiger partial charge in [0.05, 0.1) is 6.07 Å². The molecule has 0 radical (unpaired) electrons. The summed E-state index contributed by atoms with van der Waals surface area (Å²) in [6.07, 6.45) is 1.06. The molecule has 0 aliphatic carbocycles. The van der Waals surface area contributed by atoms with Crippen LogP contribution in [0.5, 0.6) is 5.75 Å². The minimum Gasteiger partial charge on any atom is -0.435 e. The van der Waals surface area contributed by atoms with Gasteiger partial charge in [0.1, 0.15) is 5.75 Å². The number of aryl methyl sites for hydroxylation is 2. The highest BCUT2D eigenvalue weighted by Crippen LogP contribution is 2.19. The predicted octanol–water partition coefficient (Wildman–Crippen LogP) is 3.05. The van der Waals surface area contributed by atoms with Crippen molar-refractivity contribution in [3.8, 4) is 11.8 Å². The topological polar surface area (TPSA) is 33.0 Å². The Hall–Kier alpha value is -1.63. The molecule has 0 saturated carbocycles. The third-order valence-corrected chi connectivity index (χ3v) is 2.05. The number of rotatable bonds is 4. The lowest BCUT2D eigenvalue weighted by atomic mass is 10.0. The number of ether oxygens (including phenoxy) is 1. The highest BCUT2D eigenvalue weighted by molar-refractivity contribution is 5.35. The van der Waals surface area contributed by atoms with Gasteiger partial charge in [-0.15, -0.1) is 0 Å². The Morgan fingerprint density at radius 1 is 1.47 bits per heavy atom. The maximum absolute atomic E-state index is 11.9. The van der Waals surface area contributed by atoms with Crippen molar-refractivity contribution >= 4 is 0 Å². The van der Waals surface area contributed by atoms with Crippen LogP contribution in [0.2, 0.25) is 0 Å². The Balaban J connectivity index is 2.75. The Labute approximate surface area is 87.1 Å². The van der Waals surface area contributed by atoms with E-state index in [1.165, 1.54) is 6.07 Å². The molecular formula is C11H11F2NO. The number of nitriles is 1. The fraction of sp³-hybridized carbons (Fsp3) is 0.364. The number of benzene rings is 1. The minimum absolute atomic E-state index is 0.156. The van der Waals surface area contributed by atoms with Crippen molar-refractivity contribution in [3.63, 3.8) is 0 Å². The smallest absolute Gasteiger partial charge is 0.387 e. The van der Waals surface area contributed by atoms with E-state index in [4.69, 9.17) is 5.26 Å². The lowest BCUT2D eigenvalue weighted by Gasteiger charge is -2.08. The van der Waals surface area contributed by atoms with Crippen molar-refractivity contribution in [2.24, 2.45) is 0 Å². The summed E-state index contributed by atoms with van der Waals surface area (Å²) in [6, 6.07) is 6.80. The predicted molar refractivity (Wildman–Crippen MR) is 51.7 cm³/mol. The quantitative estimate of drug-likeness (QED) is 0.766. The van der Waals surface area contributed by atoms with Gasteiger partial charge in [-0.05, 0) is 36.6 Å². The second kappa shape index (κ2) is 5.30. The zero-order valence-electron chi connectivity index (χ0n) is 8.34. The van der Waals surface area contributed by atoms with E-state index in [-0.39, 0.29) is 5.75 Å². The van der Waals surface area contributed by atoms with E-state index >= 15 is 0 Å². The van der Waals surface area contributed by atoms with Gasteiger partial charge in [0.25, 0.3) is 0 Å². The lowest BCUT2D eigenvalue weighted by Crippen LogP contribution is -2.02. The first-order valence-electron chi connectivity index (χ1n) is 4.55. The molecule has 15 heavy (non-hydrogen) atoms. The van der Waals surface area contributed by atoms with Gasteiger partial charge in [0.15, 0.2) is 0 Å². The van der Waals surface area contributed by atoms with Gasteiger partial charge in [-0.25, -0.2) is 0 Å². The summed E-state index contributed by atoms with van der Waals surface area (Å²) in [4.78, 5) is 0. The Bertz CT molecular complexity index is 371. The van der Waals surface area contributed by atoms with Crippen LogP contribution >= 0.6 is 0 Å². The molecule has 0 saturated heterocycles. The Morgan fingerprint density at radius 2 is 2.20 bits per heavy atom. The second-order valence-corrected chi connectivity index (χ2v) is 3.12. The monoisotopic (exact) mass is 211 g/mol. The van der Waals surface area contributed by atoms with Crippen LogP contribution < -0.4 is 4.74 Å². The van der Waals surface area contributed by atoms with Gasteiger partial charge in [-0.3, -0.25) is 0 Å². The van der Waals surface area contributed by atoms with Crippen molar-refractivity contribution in [1.82, 2.24) is 0 Å². The normalized spacial score (nSPS) is 10.1. The summed E-state index contributed by atoms with van der Waals surface area (Å²) >= 11 is 0. The van der Waals surface area contributed by atoms with Gasteiger partial charge < -0.3 is 4.74 Å². The molecule has 0 spiro atoms. The number of alkyl halides is 2. The zero-order valence-corrected chi connectivity index (χ0v) is 8.34. The summed E-state index contributed by atoms with van der Waals surface area (Å²) in [5.41, 5.74) is 1.85.